The van der Waals surface area contributed by atoms with Crippen molar-refractivity contribution in [3.05, 3.63) is 35.4 Å². The van der Waals surface area contributed by atoms with Crippen LogP contribution in [0.2, 0.25) is 0 Å². The molecule has 1 aromatic rings. The smallest absolute Gasteiger partial charge is 0.241 e. The number of piperidine rings is 1. The van der Waals surface area contributed by atoms with Crippen LogP contribution in [0.3, 0.4) is 0 Å². The third kappa shape index (κ3) is 4.36. The van der Waals surface area contributed by atoms with Crippen molar-refractivity contribution in [3.63, 3.8) is 0 Å². The van der Waals surface area contributed by atoms with E-state index < -0.39 is 14.6 Å². The minimum atomic E-state index is -3.49. The van der Waals surface area contributed by atoms with Gasteiger partial charge in [0.05, 0.1) is 6.10 Å². The van der Waals surface area contributed by atoms with E-state index in [2.05, 4.69) is 34.9 Å². The number of amides is 1. The molecular weight excluding hydrogens is 364 g/mol. The Hall–Kier alpha value is -1.44. The van der Waals surface area contributed by atoms with E-state index in [-0.39, 0.29) is 17.9 Å². The molecule has 27 heavy (non-hydrogen) atoms. The summed E-state index contributed by atoms with van der Waals surface area (Å²) < 4.78 is 29.5. The zero-order chi connectivity index (χ0) is 19.5. The molecule has 2 N–H and O–H groups in total. The van der Waals surface area contributed by atoms with Crippen LogP contribution < -0.4 is 10.6 Å². The maximum Gasteiger partial charge on any atom is 0.241 e. The van der Waals surface area contributed by atoms with Crippen molar-refractivity contribution in [2.45, 2.75) is 43.5 Å². The van der Waals surface area contributed by atoms with Crippen molar-refractivity contribution in [2.75, 3.05) is 32.5 Å². The summed E-state index contributed by atoms with van der Waals surface area (Å²) >= 11 is 0. The monoisotopic (exact) mass is 394 g/mol. The van der Waals surface area contributed by atoms with Crippen LogP contribution >= 0.6 is 0 Å². The lowest BCUT2D eigenvalue weighted by Crippen LogP contribution is -2.58. The van der Waals surface area contributed by atoms with Gasteiger partial charge >= 0.3 is 0 Å². The highest BCUT2D eigenvalue weighted by molar-refractivity contribution is 7.92. The van der Waals surface area contributed by atoms with Crippen molar-refractivity contribution in [2.24, 2.45) is 5.92 Å². The lowest BCUT2D eigenvalue weighted by atomic mass is 9.88. The van der Waals surface area contributed by atoms with Gasteiger partial charge < -0.3 is 15.4 Å². The molecular formula is C20H30N2O4S. The van der Waals surface area contributed by atoms with Crippen LogP contribution in [0.1, 0.15) is 42.9 Å². The summed E-state index contributed by atoms with van der Waals surface area (Å²) in [4.78, 5) is 12.9. The topological polar surface area (TPSA) is 84.5 Å². The maximum atomic E-state index is 12.9. The first kappa shape index (κ1) is 20.3. The molecule has 0 radical (unpaired) electrons. The van der Waals surface area contributed by atoms with Crippen molar-refractivity contribution in [3.8, 4) is 0 Å². The number of carbonyl (C=O) groups is 1. The number of hydrogen-bond acceptors (Lipinski definition) is 5. The predicted molar refractivity (Wildman–Crippen MR) is 105 cm³/mol. The zero-order valence-electron chi connectivity index (χ0n) is 16.2. The van der Waals surface area contributed by atoms with E-state index in [0.717, 1.165) is 18.4 Å². The van der Waals surface area contributed by atoms with Gasteiger partial charge in [0, 0.05) is 25.3 Å². The molecule has 2 fully saturated rings. The maximum absolute atomic E-state index is 12.9. The molecule has 150 valence electrons. The fraction of sp³-hybridized carbons (Fsp3) is 0.650. The highest BCUT2D eigenvalue weighted by Crippen LogP contribution is 2.34. The van der Waals surface area contributed by atoms with E-state index in [9.17, 15) is 13.2 Å². The number of benzene rings is 1. The number of aryl methyl sites for hydroxylation is 1. The van der Waals surface area contributed by atoms with E-state index >= 15 is 0 Å². The number of rotatable bonds is 5. The Morgan fingerprint density at radius 2 is 1.93 bits per heavy atom. The summed E-state index contributed by atoms with van der Waals surface area (Å²) in [6, 6.07) is 8.28. The van der Waals surface area contributed by atoms with E-state index in [1.54, 1.807) is 0 Å². The Kier molecular flexibility index (Phi) is 6.23. The molecule has 2 aliphatic heterocycles. The molecule has 0 saturated carbocycles. The average Bonchev–Trinajstić information content (AvgIpc) is 2.67. The van der Waals surface area contributed by atoms with E-state index in [1.807, 2.05) is 6.92 Å². The minimum Gasteiger partial charge on any atom is -0.373 e. The number of hydrogen-bond donors (Lipinski definition) is 2. The largest absolute Gasteiger partial charge is 0.373 e. The molecule has 2 heterocycles. The SMILES string of the molecule is Cc1ccc(C2OCCCC2CNC(=O)C2(S(C)(=O)=O)CCNCC2)cc1. The van der Waals surface area contributed by atoms with Crippen LogP contribution in [0.15, 0.2) is 24.3 Å². The van der Waals surface area contributed by atoms with Crippen LogP contribution in [0.4, 0.5) is 0 Å². The normalized spacial score (nSPS) is 25.7. The Morgan fingerprint density at radius 1 is 1.26 bits per heavy atom. The zero-order valence-corrected chi connectivity index (χ0v) is 17.0. The van der Waals surface area contributed by atoms with Gasteiger partial charge in [-0.05, 0) is 51.3 Å². The first-order valence-electron chi connectivity index (χ1n) is 9.70. The highest BCUT2D eigenvalue weighted by Gasteiger charge is 2.48. The second kappa shape index (κ2) is 8.29. The standard InChI is InChI=1S/C20H30N2O4S/c1-15-5-7-16(8-6-15)18-17(4-3-13-26-18)14-22-19(23)20(27(2,24)25)9-11-21-12-10-20/h5-8,17-18,21H,3-4,9-14H2,1-2H3,(H,22,23). The van der Waals surface area contributed by atoms with Gasteiger partial charge in [0.15, 0.2) is 14.6 Å². The fourth-order valence-electron chi connectivity index (χ4n) is 4.16. The van der Waals surface area contributed by atoms with Crippen LogP contribution in [0, 0.1) is 12.8 Å². The van der Waals surface area contributed by atoms with Gasteiger partial charge in [-0.1, -0.05) is 29.8 Å². The first-order chi connectivity index (χ1) is 12.8. The molecule has 2 unspecified atom stereocenters. The second-order valence-electron chi connectivity index (χ2n) is 7.83. The van der Waals surface area contributed by atoms with Crippen LogP contribution in [-0.4, -0.2) is 51.6 Å². The number of carbonyl (C=O) groups excluding carboxylic acids is 1. The van der Waals surface area contributed by atoms with E-state index in [1.165, 1.54) is 11.8 Å². The van der Waals surface area contributed by atoms with Crippen molar-refractivity contribution < 1.29 is 17.9 Å². The van der Waals surface area contributed by atoms with Crippen molar-refractivity contribution >= 4 is 15.7 Å². The molecule has 3 rings (SSSR count). The summed E-state index contributed by atoms with van der Waals surface area (Å²) in [6.07, 6.45) is 3.65. The Bertz CT molecular complexity index is 755. The Morgan fingerprint density at radius 3 is 2.56 bits per heavy atom. The quantitative estimate of drug-likeness (QED) is 0.795. The van der Waals surface area contributed by atoms with Crippen molar-refractivity contribution in [1.82, 2.24) is 10.6 Å². The van der Waals surface area contributed by atoms with Gasteiger partial charge in [-0.3, -0.25) is 4.79 Å². The average molecular weight is 395 g/mol. The van der Waals surface area contributed by atoms with E-state index in [0.29, 0.717) is 39.1 Å². The number of nitrogens with one attached hydrogen (secondary N) is 2. The van der Waals surface area contributed by atoms with Gasteiger partial charge in [0.25, 0.3) is 0 Å². The molecule has 6 nitrogen and oxygen atoms in total. The molecule has 1 amide bonds. The molecule has 0 aromatic heterocycles. The molecule has 7 heteroatoms. The summed E-state index contributed by atoms with van der Waals surface area (Å²) in [7, 11) is -3.49. The Balaban J connectivity index is 1.71. The first-order valence-corrected chi connectivity index (χ1v) is 11.6. The summed E-state index contributed by atoms with van der Waals surface area (Å²) in [6.45, 7) is 4.27. The molecule has 2 atom stereocenters. The molecule has 2 saturated heterocycles. The van der Waals surface area contributed by atoms with Crippen LogP contribution in [0.5, 0.6) is 0 Å². The lowest BCUT2D eigenvalue weighted by molar-refractivity contribution is -0.125. The molecule has 0 bridgehead atoms. The van der Waals surface area contributed by atoms with Gasteiger partial charge in [-0.15, -0.1) is 0 Å². The lowest BCUT2D eigenvalue weighted by Gasteiger charge is -2.36. The highest BCUT2D eigenvalue weighted by atomic mass is 32.2. The predicted octanol–water partition coefficient (Wildman–Crippen LogP) is 1.75. The molecule has 1 aromatic carbocycles. The second-order valence-corrected chi connectivity index (χ2v) is 10.2. The number of ether oxygens (including phenoxy) is 1. The summed E-state index contributed by atoms with van der Waals surface area (Å²) in [5.41, 5.74) is 2.31. The van der Waals surface area contributed by atoms with Crippen LogP contribution in [0.25, 0.3) is 0 Å². The van der Waals surface area contributed by atoms with Crippen LogP contribution in [-0.2, 0) is 19.4 Å². The summed E-state index contributed by atoms with van der Waals surface area (Å²) in [5, 5.41) is 6.10. The minimum absolute atomic E-state index is 0.0677. The van der Waals surface area contributed by atoms with Gasteiger partial charge in [0.2, 0.25) is 5.91 Å². The Labute approximate surface area is 162 Å². The van der Waals surface area contributed by atoms with Gasteiger partial charge in [0.1, 0.15) is 0 Å². The summed E-state index contributed by atoms with van der Waals surface area (Å²) in [5.74, 6) is -0.219. The van der Waals surface area contributed by atoms with Gasteiger partial charge in [-0.25, -0.2) is 8.42 Å². The third-order valence-corrected chi connectivity index (χ3v) is 7.92. The molecule has 0 aliphatic carbocycles. The molecule has 0 spiro atoms. The van der Waals surface area contributed by atoms with E-state index in [4.69, 9.17) is 4.74 Å². The number of sulfone groups is 1. The molecule has 2 aliphatic rings. The third-order valence-electron chi connectivity index (χ3n) is 5.91. The fourth-order valence-corrected chi connectivity index (χ4v) is 5.51. The van der Waals surface area contributed by atoms with Gasteiger partial charge in [-0.2, -0.15) is 0 Å². The van der Waals surface area contributed by atoms with Crippen molar-refractivity contribution in [1.29, 1.82) is 0 Å².